The topological polar surface area (TPSA) is 84.0 Å². The third-order valence-electron chi connectivity index (χ3n) is 3.77. The van der Waals surface area contributed by atoms with Crippen molar-refractivity contribution in [1.82, 2.24) is 10.6 Å². The van der Waals surface area contributed by atoms with E-state index in [1.54, 1.807) is 30.3 Å². The van der Waals surface area contributed by atoms with E-state index in [2.05, 4.69) is 25.7 Å². The summed E-state index contributed by atoms with van der Waals surface area (Å²) in [5, 5.41) is 8.76. The summed E-state index contributed by atoms with van der Waals surface area (Å²) in [5.74, 6) is 0.567. The molecular weight excluding hydrogens is 413 g/mol. The van der Waals surface area contributed by atoms with Crippen LogP contribution in [0.5, 0.6) is 11.5 Å². The number of ether oxygens (including phenoxy) is 2. The van der Waals surface area contributed by atoms with Crippen molar-refractivity contribution in [2.24, 2.45) is 4.99 Å². The van der Waals surface area contributed by atoms with Gasteiger partial charge in [0.2, 0.25) is 5.91 Å². The maximum absolute atomic E-state index is 12.6. The van der Waals surface area contributed by atoms with Gasteiger partial charge >= 0.3 is 6.36 Å². The number of carbonyl (C=O) groups is 1. The first-order valence-corrected chi connectivity index (χ1v) is 9.63. The van der Waals surface area contributed by atoms with Gasteiger partial charge in [0.15, 0.2) is 5.96 Å². The zero-order chi connectivity index (χ0) is 22.7. The van der Waals surface area contributed by atoms with Crippen LogP contribution in [-0.2, 0) is 11.3 Å². The molecule has 0 aliphatic carbocycles. The highest BCUT2D eigenvalue weighted by Crippen LogP contribution is 2.26. The largest absolute Gasteiger partial charge is 0.573 e. The normalized spacial score (nSPS) is 11.6. The quantitative estimate of drug-likeness (QED) is 0.316. The van der Waals surface area contributed by atoms with Gasteiger partial charge in [-0.15, -0.1) is 13.2 Å². The van der Waals surface area contributed by atoms with Gasteiger partial charge in [0.05, 0.1) is 13.1 Å². The SMILES string of the molecule is CCNC(=NCc1ccccc1OC(F)(F)F)NCCOc1cccc(NC(C)=O)c1. The summed E-state index contributed by atoms with van der Waals surface area (Å²) in [4.78, 5) is 15.4. The van der Waals surface area contributed by atoms with E-state index in [0.717, 1.165) is 0 Å². The van der Waals surface area contributed by atoms with Crippen LogP contribution in [0.2, 0.25) is 0 Å². The Kier molecular flexibility index (Phi) is 8.98. The molecule has 0 atom stereocenters. The molecule has 1 amide bonds. The third kappa shape index (κ3) is 9.28. The van der Waals surface area contributed by atoms with Gasteiger partial charge in [-0.2, -0.15) is 0 Å². The summed E-state index contributed by atoms with van der Waals surface area (Å²) in [6.07, 6.45) is -4.77. The molecule has 7 nitrogen and oxygen atoms in total. The van der Waals surface area contributed by atoms with Crippen LogP contribution in [0.1, 0.15) is 19.4 Å². The van der Waals surface area contributed by atoms with Crippen molar-refractivity contribution in [1.29, 1.82) is 0 Å². The lowest BCUT2D eigenvalue weighted by atomic mass is 10.2. The third-order valence-corrected chi connectivity index (χ3v) is 3.77. The van der Waals surface area contributed by atoms with E-state index in [1.807, 2.05) is 6.92 Å². The number of anilines is 1. The maximum atomic E-state index is 12.6. The number of amides is 1. The second-order valence-electron chi connectivity index (χ2n) is 6.33. The molecule has 31 heavy (non-hydrogen) atoms. The second kappa shape index (κ2) is 11.7. The Morgan fingerprint density at radius 2 is 1.87 bits per heavy atom. The minimum Gasteiger partial charge on any atom is -0.492 e. The summed E-state index contributed by atoms with van der Waals surface area (Å²) >= 11 is 0. The molecule has 0 aliphatic rings. The number of benzene rings is 2. The van der Waals surface area contributed by atoms with Gasteiger partial charge in [-0.3, -0.25) is 4.79 Å². The van der Waals surface area contributed by atoms with E-state index in [0.29, 0.717) is 42.7 Å². The first kappa shape index (κ1) is 23.8. The molecule has 0 saturated carbocycles. The molecule has 0 aliphatic heterocycles. The minimum absolute atomic E-state index is 0.00120. The smallest absolute Gasteiger partial charge is 0.492 e. The molecule has 0 saturated heterocycles. The zero-order valence-corrected chi connectivity index (χ0v) is 17.3. The van der Waals surface area contributed by atoms with Crippen LogP contribution in [0, 0.1) is 0 Å². The van der Waals surface area contributed by atoms with Gasteiger partial charge in [-0.05, 0) is 25.1 Å². The molecule has 10 heteroatoms. The van der Waals surface area contributed by atoms with Gasteiger partial charge < -0.3 is 25.4 Å². The van der Waals surface area contributed by atoms with Gasteiger partial charge in [0.25, 0.3) is 0 Å². The molecule has 168 valence electrons. The molecule has 0 aromatic heterocycles. The van der Waals surface area contributed by atoms with E-state index in [-0.39, 0.29) is 18.2 Å². The number of para-hydroxylation sites is 1. The molecule has 0 spiro atoms. The van der Waals surface area contributed by atoms with Gasteiger partial charge in [-0.1, -0.05) is 24.3 Å². The average molecular weight is 438 g/mol. The molecule has 0 bridgehead atoms. The Morgan fingerprint density at radius 3 is 2.58 bits per heavy atom. The Hall–Kier alpha value is -3.43. The maximum Gasteiger partial charge on any atom is 0.573 e. The van der Waals surface area contributed by atoms with Crippen LogP contribution in [0.4, 0.5) is 18.9 Å². The molecule has 0 heterocycles. The van der Waals surface area contributed by atoms with Crippen molar-refractivity contribution in [2.75, 3.05) is 25.0 Å². The fraction of sp³-hybridized carbons (Fsp3) is 0.333. The van der Waals surface area contributed by atoms with Crippen molar-refractivity contribution < 1.29 is 27.4 Å². The zero-order valence-electron chi connectivity index (χ0n) is 17.3. The van der Waals surface area contributed by atoms with Crippen LogP contribution in [0.15, 0.2) is 53.5 Å². The standard InChI is InChI=1S/C21H25F3N4O3/c1-3-25-20(27-14-16-7-4-5-10-19(16)31-21(22,23)24)26-11-12-30-18-9-6-8-17(13-18)28-15(2)29/h4-10,13H,3,11-12,14H2,1-2H3,(H,28,29)(H2,25,26,27). The van der Waals surface area contributed by atoms with Crippen LogP contribution < -0.4 is 25.4 Å². The predicted molar refractivity (Wildman–Crippen MR) is 112 cm³/mol. The molecule has 2 rings (SSSR count). The van der Waals surface area contributed by atoms with Gasteiger partial charge in [-0.25, -0.2) is 4.99 Å². The summed E-state index contributed by atoms with van der Waals surface area (Å²) in [6.45, 7) is 4.58. The fourth-order valence-corrected chi connectivity index (χ4v) is 2.57. The molecule has 0 fully saturated rings. The number of alkyl halides is 3. The Morgan fingerprint density at radius 1 is 1.10 bits per heavy atom. The summed E-state index contributed by atoms with van der Waals surface area (Å²) in [6, 6.07) is 12.9. The number of hydrogen-bond acceptors (Lipinski definition) is 4. The molecule has 0 unspecified atom stereocenters. The number of carbonyl (C=O) groups excluding carboxylic acids is 1. The van der Waals surface area contributed by atoms with Crippen molar-refractivity contribution >= 4 is 17.6 Å². The highest BCUT2D eigenvalue weighted by Gasteiger charge is 2.31. The van der Waals surface area contributed by atoms with Crippen LogP contribution >= 0.6 is 0 Å². The van der Waals surface area contributed by atoms with Crippen molar-refractivity contribution in [3.05, 3.63) is 54.1 Å². The lowest BCUT2D eigenvalue weighted by molar-refractivity contribution is -0.274. The monoisotopic (exact) mass is 438 g/mol. The molecule has 3 N–H and O–H groups in total. The summed E-state index contributed by atoms with van der Waals surface area (Å²) < 4.78 is 47.4. The lowest BCUT2D eigenvalue weighted by Crippen LogP contribution is -2.39. The predicted octanol–water partition coefficient (Wildman–Crippen LogP) is 3.68. The number of halogens is 3. The van der Waals surface area contributed by atoms with Crippen molar-refractivity contribution in [3.8, 4) is 11.5 Å². The second-order valence-corrected chi connectivity index (χ2v) is 6.33. The van der Waals surface area contributed by atoms with Gasteiger partial charge in [0, 0.05) is 30.8 Å². The molecule has 0 radical (unpaired) electrons. The molecule has 2 aromatic carbocycles. The number of nitrogens with zero attached hydrogens (tertiary/aromatic N) is 1. The first-order valence-electron chi connectivity index (χ1n) is 9.63. The minimum atomic E-state index is -4.77. The van der Waals surface area contributed by atoms with Gasteiger partial charge in [0.1, 0.15) is 18.1 Å². The number of nitrogens with one attached hydrogen (secondary N) is 3. The Balaban J connectivity index is 1.91. The Bertz CT molecular complexity index is 888. The molecular formula is C21H25F3N4O3. The summed E-state index contributed by atoms with van der Waals surface area (Å²) in [7, 11) is 0. The number of guanidine groups is 1. The van der Waals surface area contributed by atoms with Crippen LogP contribution in [0.25, 0.3) is 0 Å². The van der Waals surface area contributed by atoms with E-state index in [9.17, 15) is 18.0 Å². The highest BCUT2D eigenvalue weighted by molar-refractivity contribution is 5.88. The number of rotatable bonds is 9. The lowest BCUT2D eigenvalue weighted by Gasteiger charge is -2.14. The van der Waals surface area contributed by atoms with E-state index in [4.69, 9.17) is 4.74 Å². The molecule has 2 aromatic rings. The number of hydrogen-bond donors (Lipinski definition) is 3. The fourth-order valence-electron chi connectivity index (χ4n) is 2.57. The van der Waals surface area contributed by atoms with E-state index in [1.165, 1.54) is 25.1 Å². The van der Waals surface area contributed by atoms with Crippen molar-refractivity contribution in [3.63, 3.8) is 0 Å². The van der Waals surface area contributed by atoms with Crippen molar-refractivity contribution in [2.45, 2.75) is 26.8 Å². The number of aliphatic imine (C=N–C) groups is 1. The van der Waals surface area contributed by atoms with E-state index < -0.39 is 6.36 Å². The summed E-state index contributed by atoms with van der Waals surface area (Å²) in [5.41, 5.74) is 0.940. The highest BCUT2D eigenvalue weighted by atomic mass is 19.4. The Labute approximate surface area is 178 Å². The first-order chi connectivity index (χ1) is 14.8. The average Bonchev–Trinajstić information content (AvgIpc) is 2.69. The van der Waals surface area contributed by atoms with E-state index >= 15 is 0 Å². The van der Waals surface area contributed by atoms with Crippen LogP contribution in [0.3, 0.4) is 0 Å². The van der Waals surface area contributed by atoms with Crippen LogP contribution in [-0.4, -0.2) is 37.9 Å².